The van der Waals surface area contributed by atoms with E-state index in [2.05, 4.69) is 9.88 Å². The quantitative estimate of drug-likeness (QED) is 0.701. The number of aromatic nitrogens is 1. The Morgan fingerprint density at radius 3 is 3.12 bits per heavy atom. The van der Waals surface area contributed by atoms with Gasteiger partial charge in [-0.05, 0) is 44.4 Å². The van der Waals surface area contributed by atoms with Crippen LogP contribution in [-0.2, 0) is 20.8 Å². The molecular weight excluding hydrogens is 318 g/mol. The molecule has 2 aliphatic rings. The topological polar surface area (TPSA) is 54.9 Å². The summed E-state index contributed by atoms with van der Waals surface area (Å²) in [6, 6.07) is 5.76. The van der Waals surface area contributed by atoms with Crippen molar-refractivity contribution in [3.05, 3.63) is 30.1 Å². The predicted molar refractivity (Wildman–Crippen MR) is 95.0 cm³/mol. The van der Waals surface area contributed by atoms with Gasteiger partial charge in [0.2, 0.25) is 0 Å². The molecule has 0 bridgehead atoms. The summed E-state index contributed by atoms with van der Waals surface area (Å²) >= 11 is 0. The summed E-state index contributed by atoms with van der Waals surface area (Å²) in [7, 11) is 1.83. The molecule has 3 heterocycles. The molecule has 1 aromatic rings. The highest BCUT2D eigenvalue weighted by Gasteiger charge is 2.42. The van der Waals surface area contributed by atoms with Gasteiger partial charge in [-0.25, -0.2) is 0 Å². The maximum absolute atomic E-state index is 12.7. The molecule has 6 nitrogen and oxygen atoms in total. The van der Waals surface area contributed by atoms with Crippen molar-refractivity contribution in [2.75, 3.05) is 39.9 Å². The lowest BCUT2D eigenvalue weighted by Crippen LogP contribution is -2.43. The molecule has 0 aromatic carbocycles. The smallest absolute Gasteiger partial charge is 0.251 e. The van der Waals surface area contributed by atoms with Crippen LogP contribution in [0, 0.1) is 5.92 Å². The number of hydrogen-bond donors (Lipinski definition) is 0. The second-order valence-electron chi connectivity index (χ2n) is 6.96. The van der Waals surface area contributed by atoms with Crippen LogP contribution >= 0.6 is 0 Å². The molecule has 0 unspecified atom stereocenters. The highest BCUT2D eigenvalue weighted by atomic mass is 16.5. The Balaban J connectivity index is 1.49. The monoisotopic (exact) mass is 347 g/mol. The summed E-state index contributed by atoms with van der Waals surface area (Å²) in [5.41, 5.74) is 0.899. The molecule has 25 heavy (non-hydrogen) atoms. The number of fused-ring (bicyclic) bond motifs is 1. The number of carbonyl (C=O) groups is 1. The first-order chi connectivity index (χ1) is 12.2. The van der Waals surface area contributed by atoms with Crippen molar-refractivity contribution >= 4 is 5.91 Å². The van der Waals surface area contributed by atoms with Gasteiger partial charge in [0.05, 0.1) is 24.9 Å². The van der Waals surface area contributed by atoms with Gasteiger partial charge in [0, 0.05) is 32.9 Å². The fourth-order valence-electron chi connectivity index (χ4n) is 3.75. The highest BCUT2D eigenvalue weighted by Crippen LogP contribution is 2.33. The molecule has 6 heteroatoms. The molecule has 0 radical (unpaired) electrons. The van der Waals surface area contributed by atoms with Crippen LogP contribution in [0.5, 0.6) is 0 Å². The number of ether oxygens (including phenoxy) is 2. The fraction of sp³-hybridized carbons (Fsp3) is 0.684. The van der Waals surface area contributed by atoms with E-state index in [0.29, 0.717) is 12.5 Å². The Hall–Kier alpha value is -1.50. The van der Waals surface area contributed by atoms with E-state index in [-0.39, 0.29) is 18.1 Å². The van der Waals surface area contributed by atoms with Gasteiger partial charge < -0.3 is 14.4 Å². The summed E-state index contributed by atoms with van der Waals surface area (Å²) in [4.78, 5) is 21.1. The van der Waals surface area contributed by atoms with Crippen molar-refractivity contribution in [2.45, 2.75) is 38.5 Å². The van der Waals surface area contributed by atoms with Gasteiger partial charge in [0.25, 0.3) is 5.91 Å². The molecule has 2 fully saturated rings. The Bertz CT molecular complexity index is 554. The van der Waals surface area contributed by atoms with E-state index in [1.807, 2.05) is 32.2 Å². The summed E-state index contributed by atoms with van der Waals surface area (Å²) in [5.74, 6) is 0.571. The number of rotatable bonds is 7. The van der Waals surface area contributed by atoms with E-state index in [4.69, 9.17) is 9.47 Å². The maximum Gasteiger partial charge on any atom is 0.251 e. The molecule has 138 valence electrons. The average Bonchev–Trinajstić information content (AvgIpc) is 3.05. The minimum absolute atomic E-state index is 0.0703. The van der Waals surface area contributed by atoms with Crippen LogP contribution in [0.25, 0.3) is 0 Å². The zero-order valence-corrected chi connectivity index (χ0v) is 15.3. The zero-order chi connectivity index (χ0) is 17.6. The van der Waals surface area contributed by atoms with Gasteiger partial charge in [-0.1, -0.05) is 6.07 Å². The molecule has 0 N–H and O–H groups in total. The largest absolute Gasteiger partial charge is 0.380 e. The molecule has 3 atom stereocenters. The van der Waals surface area contributed by atoms with Crippen molar-refractivity contribution in [3.63, 3.8) is 0 Å². The standard InChI is InChI=1S/C19H29N3O3/c1-3-24-11-10-22-9-7-15-12-17(25-18(15)14-22)19(23)21(2)13-16-6-4-5-8-20-16/h4-6,8,15,17-18H,3,7,9-14H2,1-2H3/t15-,17+,18-/m0/s1. The Labute approximate surface area is 150 Å². The lowest BCUT2D eigenvalue weighted by molar-refractivity contribution is -0.143. The third-order valence-electron chi connectivity index (χ3n) is 5.17. The summed E-state index contributed by atoms with van der Waals surface area (Å²) in [6.45, 7) is 6.99. The number of carbonyl (C=O) groups excluding carboxylic acids is 1. The van der Waals surface area contributed by atoms with Crippen molar-refractivity contribution in [3.8, 4) is 0 Å². The lowest BCUT2D eigenvalue weighted by Gasteiger charge is -2.33. The molecular formula is C19H29N3O3. The predicted octanol–water partition coefficient (Wildman–Crippen LogP) is 1.56. The molecule has 1 aromatic heterocycles. The third-order valence-corrected chi connectivity index (χ3v) is 5.17. The SMILES string of the molecule is CCOCCN1CC[C@H]2C[C@H](C(=O)N(C)Cc3ccccn3)O[C@H]2C1. The van der Waals surface area contributed by atoms with Crippen LogP contribution in [0.4, 0.5) is 0 Å². The van der Waals surface area contributed by atoms with Crippen molar-refractivity contribution in [1.29, 1.82) is 0 Å². The molecule has 2 aliphatic heterocycles. The summed E-state index contributed by atoms with van der Waals surface area (Å²) < 4.78 is 11.6. The second kappa shape index (κ2) is 8.74. The molecule has 1 amide bonds. The number of nitrogens with zero attached hydrogens (tertiary/aromatic N) is 3. The molecule has 2 saturated heterocycles. The Morgan fingerprint density at radius 1 is 1.48 bits per heavy atom. The van der Waals surface area contributed by atoms with Gasteiger partial charge in [-0.15, -0.1) is 0 Å². The molecule has 3 rings (SSSR count). The van der Waals surface area contributed by atoms with Gasteiger partial charge in [-0.2, -0.15) is 0 Å². The first kappa shape index (κ1) is 18.3. The van der Waals surface area contributed by atoms with E-state index in [1.54, 1.807) is 11.1 Å². The van der Waals surface area contributed by atoms with E-state index in [0.717, 1.165) is 51.4 Å². The summed E-state index contributed by atoms with van der Waals surface area (Å²) in [5, 5.41) is 0. The Morgan fingerprint density at radius 2 is 2.36 bits per heavy atom. The number of likely N-dealkylation sites (tertiary alicyclic amines) is 1. The second-order valence-corrected chi connectivity index (χ2v) is 6.96. The lowest BCUT2D eigenvalue weighted by atomic mass is 9.91. The van der Waals surface area contributed by atoms with Crippen molar-refractivity contribution in [2.24, 2.45) is 5.92 Å². The average molecular weight is 347 g/mol. The first-order valence-corrected chi connectivity index (χ1v) is 9.27. The van der Waals surface area contributed by atoms with Crippen LogP contribution in [0.3, 0.4) is 0 Å². The van der Waals surface area contributed by atoms with Crippen LogP contribution < -0.4 is 0 Å². The van der Waals surface area contributed by atoms with Crippen molar-refractivity contribution < 1.29 is 14.3 Å². The van der Waals surface area contributed by atoms with E-state index < -0.39 is 0 Å². The first-order valence-electron chi connectivity index (χ1n) is 9.27. The third kappa shape index (κ3) is 4.77. The highest BCUT2D eigenvalue weighted by molar-refractivity contribution is 5.81. The van der Waals surface area contributed by atoms with Crippen LogP contribution in [0.1, 0.15) is 25.5 Å². The van der Waals surface area contributed by atoms with Gasteiger partial charge in [-0.3, -0.25) is 14.7 Å². The Kier molecular flexibility index (Phi) is 6.39. The minimum atomic E-state index is -0.310. The zero-order valence-electron chi connectivity index (χ0n) is 15.3. The van der Waals surface area contributed by atoms with E-state index in [9.17, 15) is 4.79 Å². The summed E-state index contributed by atoms with van der Waals surface area (Å²) in [6.07, 6.45) is 3.56. The number of likely N-dealkylation sites (N-methyl/N-ethyl adjacent to an activating group) is 1. The van der Waals surface area contributed by atoms with Crippen LogP contribution in [0.2, 0.25) is 0 Å². The van der Waals surface area contributed by atoms with E-state index >= 15 is 0 Å². The minimum Gasteiger partial charge on any atom is -0.380 e. The number of piperidine rings is 1. The van der Waals surface area contributed by atoms with Crippen LogP contribution in [0.15, 0.2) is 24.4 Å². The molecule has 0 spiro atoms. The number of amides is 1. The maximum atomic E-state index is 12.7. The van der Waals surface area contributed by atoms with Crippen LogP contribution in [-0.4, -0.2) is 72.8 Å². The number of hydrogen-bond acceptors (Lipinski definition) is 5. The number of pyridine rings is 1. The normalized spacial score (nSPS) is 26.4. The van der Waals surface area contributed by atoms with E-state index in [1.165, 1.54) is 0 Å². The molecule has 0 aliphatic carbocycles. The van der Waals surface area contributed by atoms with Gasteiger partial charge >= 0.3 is 0 Å². The van der Waals surface area contributed by atoms with Gasteiger partial charge in [0.15, 0.2) is 0 Å². The van der Waals surface area contributed by atoms with Crippen molar-refractivity contribution in [1.82, 2.24) is 14.8 Å². The van der Waals surface area contributed by atoms with Gasteiger partial charge in [0.1, 0.15) is 6.10 Å². The fourth-order valence-corrected chi connectivity index (χ4v) is 3.75. The molecule has 0 saturated carbocycles.